The predicted octanol–water partition coefficient (Wildman–Crippen LogP) is 3.94. The van der Waals surface area contributed by atoms with E-state index in [9.17, 15) is 0 Å². The molecule has 1 fully saturated rings. The lowest BCUT2D eigenvalue weighted by Gasteiger charge is -2.23. The summed E-state index contributed by atoms with van der Waals surface area (Å²) in [5.41, 5.74) is 5.32. The lowest BCUT2D eigenvalue weighted by atomic mass is 9.96. The zero-order valence-electron chi connectivity index (χ0n) is 12.9. The van der Waals surface area contributed by atoms with E-state index >= 15 is 0 Å². The topological polar surface area (TPSA) is 36.4 Å². The van der Waals surface area contributed by atoms with Gasteiger partial charge in [0.05, 0.1) is 6.21 Å². The van der Waals surface area contributed by atoms with Crippen LogP contribution < -0.4 is 10.7 Å². The summed E-state index contributed by atoms with van der Waals surface area (Å²) in [5.74, 6) is 0.557. The number of benzene rings is 1. The molecular formula is C17H25N3S. The van der Waals surface area contributed by atoms with Gasteiger partial charge < -0.3 is 5.32 Å². The maximum absolute atomic E-state index is 5.27. The third kappa shape index (κ3) is 5.46. The first-order chi connectivity index (χ1) is 10.1. The van der Waals surface area contributed by atoms with Gasteiger partial charge in [0.2, 0.25) is 0 Å². The van der Waals surface area contributed by atoms with E-state index in [0.717, 1.165) is 5.56 Å². The molecule has 0 atom stereocenters. The molecule has 1 aliphatic rings. The molecule has 1 aromatic carbocycles. The fourth-order valence-corrected chi connectivity index (χ4v) is 2.82. The lowest BCUT2D eigenvalue weighted by molar-refractivity contribution is 0.412. The Kier molecular flexibility index (Phi) is 6.18. The predicted molar refractivity (Wildman–Crippen MR) is 93.9 cm³/mol. The molecule has 0 spiro atoms. The minimum atomic E-state index is 0.513. The normalized spacial score (nSPS) is 16.3. The molecule has 2 rings (SSSR count). The molecule has 21 heavy (non-hydrogen) atoms. The van der Waals surface area contributed by atoms with Crippen molar-refractivity contribution < 1.29 is 0 Å². The fraction of sp³-hybridized carbons (Fsp3) is 0.529. The first kappa shape index (κ1) is 16.0. The molecule has 1 saturated carbocycles. The number of hydrogen-bond donors (Lipinski definition) is 2. The summed E-state index contributed by atoms with van der Waals surface area (Å²) in [4.78, 5) is 0. The molecule has 1 aromatic rings. The molecule has 2 N–H and O–H groups in total. The summed E-state index contributed by atoms with van der Waals surface area (Å²) in [5, 5.41) is 8.16. The number of rotatable bonds is 4. The van der Waals surface area contributed by atoms with Gasteiger partial charge in [-0.3, -0.25) is 5.43 Å². The van der Waals surface area contributed by atoms with Gasteiger partial charge in [-0.2, -0.15) is 5.10 Å². The second-order valence-corrected chi connectivity index (χ2v) is 6.41. The molecule has 3 nitrogen and oxygen atoms in total. The van der Waals surface area contributed by atoms with Gasteiger partial charge in [-0.25, -0.2) is 0 Å². The molecule has 1 aliphatic carbocycles. The highest BCUT2D eigenvalue weighted by molar-refractivity contribution is 7.80. The molecule has 0 heterocycles. The number of nitrogens with one attached hydrogen (secondary N) is 2. The van der Waals surface area contributed by atoms with E-state index in [1.807, 2.05) is 0 Å². The van der Waals surface area contributed by atoms with Crippen molar-refractivity contribution in [2.24, 2.45) is 5.10 Å². The maximum atomic E-state index is 5.27. The van der Waals surface area contributed by atoms with Gasteiger partial charge >= 0.3 is 0 Å². The zero-order valence-corrected chi connectivity index (χ0v) is 13.7. The van der Waals surface area contributed by atoms with Crippen LogP contribution in [0.3, 0.4) is 0 Å². The number of hydrazone groups is 1. The molecule has 0 radical (unpaired) electrons. The van der Waals surface area contributed by atoms with E-state index in [1.165, 1.54) is 37.7 Å². The summed E-state index contributed by atoms with van der Waals surface area (Å²) in [7, 11) is 0. The lowest BCUT2D eigenvalue weighted by Crippen LogP contribution is -2.40. The molecular weight excluding hydrogens is 278 g/mol. The van der Waals surface area contributed by atoms with E-state index in [-0.39, 0.29) is 0 Å². The third-order valence-corrected chi connectivity index (χ3v) is 4.13. The van der Waals surface area contributed by atoms with Crippen molar-refractivity contribution in [2.45, 2.75) is 57.9 Å². The minimum absolute atomic E-state index is 0.513. The Hall–Kier alpha value is -1.42. The smallest absolute Gasteiger partial charge is 0.187 e. The highest BCUT2D eigenvalue weighted by Gasteiger charge is 2.13. The first-order valence-electron chi connectivity index (χ1n) is 7.84. The highest BCUT2D eigenvalue weighted by atomic mass is 32.1. The zero-order chi connectivity index (χ0) is 15.1. The van der Waals surface area contributed by atoms with Gasteiger partial charge in [0.15, 0.2) is 5.11 Å². The van der Waals surface area contributed by atoms with Crippen LogP contribution in [0.1, 0.15) is 63.0 Å². The summed E-state index contributed by atoms with van der Waals surface area (Å²) >= 11 is 5.27. The Balaban J connectivity index is 1.77. The summed E-state index contributed by atoms with van der Waals surface area (Å²) in [6.07, 6.45) is 8.17. The Morgan fingerprint density at radius 3 is 2.48 bits per heavy atom. The second kappa shape index (κ2) is 8.13. The van der Waals surface area contributed by atoms with Crippen LogP contribution in [-0.2, 0) is 0 Å². The van der Waals surface area contributed by atoms with Crippen LogP contribution >= 0.6 is 12.2 Å². The van der Waals surface area contributed by atoms with Crippen molar-refractivity contribution in [3.63, 3.8) is 0 Å². The van der Waals surface area contributed by atoms with Gasteiger partial charge in [-0.1, -0.05) is 57.4 Å². The number of thiocarbonyl (C=S) groups is 1. The van der Waals surface area contributed by atoms with Crippen molar-refractivity contribution in [1.29, 1.82) is 0 Å². The average molecular weight is 303 g/mol. The van der Waals surface area contributed by atoms with Gasteiger partial charge in [0.25, 0.3) is 0 Å². The number of nitrogens with zero attached hydrogens (tertiary/aromatic N) is 1. The average Bonchev–Trinajstić information content (AvgIpc) is 2.49. The minimum Gasteiger partial charge on any atom is -0.359 e. The van der Waals surface area contributed by atoms with Gasteiger partial charge in [0.1, 0.15) is 0 Å². The second-order valence-electron chi connectivity index (χ2n) is 6.00. The summed E-state index contributed by atoms with van der Waals surface area (Å²) < 4.78 is 0. The summed E-state index contributed by atoms with van der Waals surface area (Å²) in [6.45, 7) is 4.39. The van der Waals surface area contributed by atoms with E-state index in [4.69, 9.17) is 12.2 Å². The van der Waals surface area contributed by atoms with Crippen molar-refractivity contribution >= 4 is 23.5 Å². The van der Waals surface area contributed by atoms with Crippen LogP contribution in [0.4, 0.5) is 0 Å². The molecule has 0 aliphatic heterocycles. The molecule has 114 valence electrons. The standard InChI is InChI=1S/C17H25N3S/c1-13(2)15-10-8-14(9-11-15)12-18-20-17(21)19-16-6-4-3-5-7-16/h8-13,16H,3-7H2,1-2H3,(H2,19,20,21)/b18-12+. The molecule has 4 heteroatoms. The van der Waals surface area contributed by atoms with E-state index in [1.54, 1.807) is 6.21 Å². The molecule has 0 bridgehead atoms. The van der Waals surface area contributed by atoms with Crippen LogP contribution in [0, 0.1) is 0 Å². The van der Waals surface area contributed by atoms with Gasteiger partial charge in [0, 0.05) is 6.04 Å². The molecule has 0 aromatic heterocycles. The maximum Gasteiger partial charge on any atom is 0.187 e. The van der Waals surface area contributed by atoms with E-state index in [0.29, 0.717) is 17.1 Å². The van der Waals surface area contributed by atoms with Crippen LogP contribution in [0.2, 0.25) is 0 Å². The van der Waals surface area contributed by atoms with Crippen molar-refractivity contribution in [3.05, 3.63) is 35.4 Å². The van der Waals surface area contributed by atoms with Crippen molar-refractivity contribution in [2.75, 3.05) is 0 Å². The highest BCUT2D eigenvalue weighted by Crippen LogP contribution is 2.17. The van der Waals surface area contributed by atoms with Crippen LogP contribution in [0.15, 0.2) is 29.4 Å². The van der Waals surface area contributed by atoms with Crippen LogP contribution in [0.5, 0.6) is 0 Å². The summed E-state index contributed by atoms with van der Waals surface area (Å²) in [6, 6.07) is 8.96. The van der Waals surface area contributed by atoms with E-state index in [2.05, 4.69) is 54.0 Å². The largest absolute Gasteiger partial charge is 0.359 e. The number of hydrogen-bond acceptors (Lipinski definition) is 2. The van der Waals surface area contributed by atoms with Crippen LogP contribution in [-0.4, -0.2) is 17.4 Å². The molecule has 0 amide bonds. The fourth-order valence-electron chi connectivity index (χ4n) is 2.60. The SMILES string of the molecule is CC(C)c1ccc(/C=N/NC(=S)NC2CCCCC2)cc1. The van der Waals surface area contributed by atoms with Gasteiger partial charge in [-0.05, 0) is 42.1 Å². The molecule has 0 unspecified atom stereocenters. The van der Waals surface area contributed by atoms with Crippen molar-refractivity contribution in [3.8, 4) is 0 Å². The van der Waals surface area contributed by atoms with Gasteiger partial charge in [-0.15, -0.1) is 0 Å². The molecule has 0 saturated heterocycles. The van der Waals surface area contributed by atoms with E-state index < -0.39 is 0 Å². The Bertz CT molecular complexity index is 473. The Morgan fingerprint density at radius 1 is 1.19 bits per heavy atom. The third-order valence-electron chi connectivity index (χ3n) is 3.92. The Morgan fingerprint density at radius 2 is 1.86 bits per heavy atom. The quantitative estimate of drug-likeness (QED) is 0.502. The van der Waals surface area contributed by atoms with Crippen LogP contribution in [0.25, 0.3) is 0 Å². The Labute approximate surface area is 133 Å². The first-order valence-corrected chi connectivity index (χ1v) is 8.25. The monoisotopic (exact) mass is 303 g/mol. The van der Waals surface area contributed by atoms with Crippen molar-refractivity contribution in [1.82, 2.24) is 10.7 Å².